The zero-order chi connectivity index (χ0) is 25.8. The zero-order valence-corrected chi connectivity index (χ0v) is 20.8. The molecule has 1 aliphatic rings. The van der Waals surface area contributed by atoms with Gasteiger partial charge in [-0.3, -0.25) is 9.59 Å². The van der Waals surface area contributed by atoms with Crippen molar-refractivity contribution in [1.82, 2.24) is 0 Å². The third-order valence-electron chi connectivity index (χ3n) is 6.62. The summed E-state index contributed by atoms with van der Waals surface area (Å²) in [5.74, 6) is -2.07. The number of carbonyl (C=O) groups is 2. The van der Waals surface area contributed by atoms with Crippen LogP contribution in [0.2, 0.25) is 0 Å². The molecule has 5 rings (SSSR count). The molecule has 0 saturated carbocycles. The second-order valence-corrected chi connectivity index (χ2v) is 9.22. The van der Waals surface area contributed by atoms with Gasteiger partial charge in [0.15, 0.2) is 11.6 Å². The molecule has 0 amide bonds. The average molecular weight is 486 g/mol. The van der Waals surface area contributed by atoms with E-state index in [0.717, 1.165) is 22.4 Å². The highest BCUT2D eigenvalue weighted by Crippen LogP contribution is 2.35. The van der Waals surface area contributed by atoms with Gasteiger partial charge in [0.05, 0.1) is 17.8 Å². The Kier molecular flexibility index (Phi) is 6.86. The van der Waals surface area contributed by atoms with Crippen molar-refractivity contribution in [3.63, 3.8) is 0 Å². The molecule has 37 heavy (non-hydrogen) atoms. The van der Waals surface area contributed by atoms with Gasteiger partial charge in [-0.2, -0.15) is 10.2 Å². The Balaban J connectivity index is 1.55. The van der Waals surface area contributed by atoms with Gasteiger partial charge >= 0.3 is 0 Å². The number of hydrogen-bond donors (Lipinski definition) is 0. The Morgan fingerprint density at radius 1 is 0.757 bits per heavy atom. The van der Waals surface area contributed by atoms with Crippen molar-refractivity contribution in [2.75, 3.05) is 19.0 Å². The molecular formula is C32H27N3O2. The molecule has 1 atom stereocenters. The van der Waals surface area contributed by atoms with E-state index in [9.17, 15) is 9.59 Å². The average Bonchev–Trinajstić information content (AvgIpc) is 3.22. The van der Waals surface area contributed by atoms with Gasteiger partial charge in [0.25, 0.3) is 0 Å². The largest absolute Gasteiger partial charge is 0.378 e. The number of carbonyl (C=O) groups excluding carboxylic acids is 2. The standard InChI is InChI=1S/C32H27N3O2/c1-35(2)25-19-17-22(18-20-25)21-33-34-30-26-15-9-10-16-27(26)31(36)29(30)32(37)28(23-11-5-3-6-12-23)24-13-7-4-8-14-24/h3-21,28-29H,1-2H3. The van der Waals surface area contributed by atoms with E-state index in [-0.39, 0.29) is 11.6 Å². The Labute approximate surface area is 216 Å². The summed E-state index contributed by atoms with van der Waals surface area (Å²) < 4.78 is 0. The van der Waals surface area contributed by atoms with Crippen LogP contribution in [-0.4, -0.2) is 37.6 Å². The summed E-state index contributed by atoms with van der Waals surface area (Å²) >= 11 is 0. The molecule has 0 saturated heterocycles. The lowest BCUT2D eigenvalue weighted by Crippen LogP contribution is -2.31. The van der Waals surface area contributed by atoms with Gasteiger partial charge in [-0.15, -0.1) is 0 Å². The summed E-state index contributed by atoms with van der Waals surface area (Å²) in [5.41, 5.74) is 5.19. The molecular weight excluding hydrogens is 458 g/mol. The molecule has 0 bridgehead atoms. The van der Waals surface area contributed by atoms with Crippen LogP contribution in [0.5, 0.6) is 0 Å². The van der Waals surface area contributed by atoms with Crippen molar-refractivity contribution in [1.29, 1.82) is 0 Å². The maximum Gasteiger partial charge on any atom is 0.180 e. The summed E-state index contributed by atoms with van der Waals surface area (Å²) in [7, 11) is 3.97. The molecule has 0 radical (unpaired) electrons. The van der Waals surface area contributed by atoms with E-state index in [0.29, 0.717) is 16.8 Å². The van der Waals surface area contributed by atoms with E-state index in [1.807, 2.05) is 122 Å². The van der Waals surface area contributed by atoms with Crippen molar-refractivity contribution in [2.24, 2.45) is 16.1 Å². The number of anilines is 1. The van der Waals surface area contributed by atoms with Crippen molar-refractivity contribution in [3.8, 4) is 0 Å². The second kappa shape index (κ2) is 10.5. The molecule has 0 aliphatic heterocycles. The number of Topliss-reactive ketones (excluding diaryl/α,β-unsaturated/α-hetero) is 2. The SMILES string of the molecule is CN(C)c1ccc(C=NN=C2c3ccccc3C(=O)C2C(=O)C(c2ccccc2)c2ccccc2)cc1. The van der Waals surface area contributed by atoms with E-state index >= 15 is 0 Å². The van der Waals surface area contributed by atoms with Gasteiger partial charge in [0, 0.05) is 30.9 Å². The fourth-order valence-electron chi connectivity index (χ4n) is 4.73. The maximum absolute atomic E-state index is 14.2. The van der Waals surface area contributed by atoms with Crippen LogP contribution in [0.15, 0.2) is 119 Å². The van der Waals surface area contributed by atoms with Crippen LogP contribution in [-0.2, 0) is 4.79 Å². The topological polar surface area (TPSA) is 62.1 Å². The van der Waals surface area contributed by atoms with Crippen LogP contribution in [0, 0.1) is 5.92 Å². The lowest BCUT2D eigenvalue weighted by molar-refractivity contribution is -0.120. The molecule has 0 fully saturated rings. The fourth-order valence-corrected chi connectivity index (χ4v) is 4.73. The first-order valence-corrected chi connectivity index (χ1v) is 12.2. The van der Waals surface area contributed by atoms with Crippen LogP contribution in [0.1, 0.15) is 38.5 Å². The summed E-state index contributed by atoms with van der Waals surface area (Å²) in [6, 6.07) is 34.3. The van der Waals surface area contributed by atoms with E-state index < -0.39 is 11.8 Å². The lowest BCUT2D eigenvalue weighted by Gasteiger charge is -2.20. The van der Waals surface area contributed by atoms with E-state index in [1.165, 1.54) is 0 Å². The van der Waals surface area contributed by atoms with Gasteiger partial charge in [-0.05, 0) is 28.8 Å². The number of fused-ring (bicyclic) bond motifs is 1. The van der Waals surface area contributed by atoms with Crippen LogP contribution >= 0.6 is 0 Å². The molecule has 4 aromatic rings. The quantitative estimate of drug-likeness (QED) is 0.189. The first-order chi connectivity index (χ1) is 18.0. The van der Waals surface area contributed by atoms with Gasteiger partial charge in [-0.1, -0.05) is 97.1 Å². The van der Waals surface area contributed by atoms with E-state index in [1.54, 1.807) is 12.3 Å². The highest BCUT2D eigenvalue weighted by Gasteiger charge is 2.44. The Bertz CT molecular complexity index is 1430. The lowest BCUT2D eigenvalue weighted by atomic mass is 9.80. The van der Waals surface area contributed by atoms with Crippen LogP contribution in [0.3, 0.4) is 0 Å². The molecule has 1 unspecified atom stereocenters. The molecule has 1 aliphatic carbocycles. The van der Waals surface area contributed by atoms with Crippen molar-refractivity contribution >= 4 is 29.2 Å². The van der Waals surface area contributed by atoms with Crippen LogP contribution in [0.4, 0.5) is 5.69 Å². The predicted molar refractivity (Wildman–Crippen MR) is 149 cm³/mol. The zero-order valence-electron chi connectivity index (χ0n) is 20.8. The van der Waals surface area contributed by atoms with Gasteiger partial charge in [0.2, 0.25) is 0 Å². The molecule has 0 heterocycles. The Morgan fingerprint density at radius 3 is 1.86 bits per heavy atom. The normalized spacial score (nSPS) is 15.9. The second-order valence-electron chi connectivity index (χ2n) is 9.22. The van der Waals surface area contributed by atoms with Gasteiger partial charge in [-0.25, -0.2) is 0 Å². The third kappa shape index (κ3) is 4.89. The minimum absolute atomic E-state index is 0.206. The number of benzene rings is 4. The molecule has 182 valence electrons. The van der Waals surface area contributed by atoms with E-state index in [4.69, 9.17) is 0 Å². The Morgan fingerprint density at radius 2 is 1.30 bits per heavy atom. The van der Waals surface area contributed by atoms with Crippen molar-refractivity contribution in [2.45, 2.75) is 5.92 Å². The highest BCUT2D eigenvalue weighted by molar-refractivity contribution is 6.38. The molecule has 0 N–H and O–H groups in total. The molecule has 0 spiro atoms. The maximum atomic E-state index is 14.2. The summed E-state index contributed by atoms with van der Waals surface area (Å²) in [4.78, 5) is 29.8. The molecule has 5 nitrogen and oxygen atoms in total. The smallest absolute Gasteiger partial charge is 0.180 e. The highest BCUT2D eigenvalue weighted by atomic mass is 16.2. The summed E-state index contributed by atoms with van der Waals surface area (Å²) in [6.07, 6.45) is 1.64. The third-order valence-corrected chi connectivity index (χ3v) is 6.62. The molecule has 4 aromatic carbocycles. The van der Waals surface area contributed by atoms with E-state index in [2.05, 4.69) is 10.2 Å². The molecule has 0 aromatic heterocycles. The van der Waals surface area contributed by atoms with Crippen molar-refractivity contribution < 1.29 is 9.59 Å². The minimum atomic E-state index is -1.03. The predicted octanol–water partition coefficient (Wildman–Crippen LogP) is 5.79. The number of rotatable bonds is 7. The summed E-state index contributed by atoms with van der Waals surface area (Å²) in [5, 5.41) is 8.79. The number of hydrogen-bond acceptors (Lipinski definition) is 5. The van der Waals surface area contributed by atoms with Crippen LogP contribution in [0.25, 0.3) is 0 Å². The van der Waals surface area contributed by atoms with Crippen molar-refractivity contribution in [3.05, 3.63) is 137 Å². The summed E-state index contributed by atoms with van der Waals surface area (Å²) in [6.45, 7) is 0. The number of nitrogens with zero attached hydrogens (tertiary/aromatic N) is 3. The fraction of sp³-hybridized carbons (Fsp3) is 0.125. The van der Waals surface area contributed by atoms with Crippen LogP contribution < -0.4 is 4.90 Å². The first kappa shape index (κ1) is 24.1. The number of ketones is 2. The Hall–Kier alpha value is -4.64. The minimum Gasteiger partial charge on any atom is -0.378 e. The van der Waals surface area contributed by atoms with Gasteiger partial charge in [0.1, 0.15) is 5.92 Å². The first-order valence-electron chi connectivity index (χ1n) is 12.2. The van der Waals surface area contributed by atoms with Gasteiger partial charge < -0.3 is 4.90 Å². The monoisotopic (exact) mass is 485 g/mol. The molecule has 5 heteroatoms.